The zero-order valence-electron chi connectivity index (χ0n) is 12.4. The van der Waals surface area contributed by atoms with Crippen LogP contribution in [-0.2, 0) is 15.3 Å². The lowest BCUT2D eigenvalue weighted by Crippen LogP contribution is -2.34. The number of benzene rings is 1. The fourth-order valence-corrected chi connectivity index (χ4v) is 3.65. The van der Waals surface area contributed by atoms with Crippen LogP contribution in [0.3, 0.4) is 0 Å². The molecular weight excluding hydrogens is 367 g/mol. The third-order valence-corrected chi connectivity index (χ3v) is 5.02. The van der Waals surface area contributed by atoms with E-state index in [9.17, 15) is 22.8 Å². The van der Waals surface area contributed by atoms with Gasteiger partial charge in [-0.1, -0.05) is 23.7 Å². The van der Waals surface area contributed by atoms with E-state index in [1.807, 2.05) is 6.07 Å². The van der Waals surface area contributed by atoms with Crippen molar-refractivity contribution in [2.45, 2.75) is 11.9 Å². The molecule has 9 heteroatoms. The van der Waals surface area contributed by atoms with Gasteiger partial charge in [0.25, 0.3) is 0 Å². The minimum atomic E-state index is -4.63. The molecule has 1 aliphatic heterocycles. The van der Waals surface area contributed by atoms with Crippen LogP contribution in [-0.4, -0.2) is 46.9 Å². The van der Waals surface area contributed by atoms with Crippen molar-refractivity contribution in [3.05, 3.63) is 34.9 Å². The average Bonchev–Trinajstić information content (AvgIpc) is 2.93. The fourth-order valence-electron chi connectivity index (χ4n) is 2.56. The molecule has 1 aromatic rings. The predicted octanol–water partition coefficient (Wildman–Crippen LogP) is 3.29. The Kier molecular flexibility index (Phi) is 6.03. The number of carbonyl (C=O) groups excluding carboxylic acids is 1. The largest absolute Gasteiger partial charge is 0.481 e. The lowest BCUT2D eigenvalue weighted by atomic mass is 9.96. The summed E-state index contributed by atoms with van der Waals surface area (Å²) >= 11 is 7.10. The molecule has 1 aliphatic rings. The normalized spacial score (nSPS) is 21.1. The highest BCUT2D eigenvalue weighted by Gasteiger charge is 2.53. The second kappa shape index (κ2) is 7.65. The number of carboxylic acids is 1. The van der Waals surface area contributed by atoms with E-state index in [1.165, 1.54) is 11.8 Å². The molecule has 0 aromatic heterocycles. The van der Waals surface area contributed by atoms with Gasteiger partial charge in [0.2, 0.25) is 5.91 Å². The molecule has 0 radical (unpaired) electrons. The second-order valence-corrected chi connectivity index (χ2v) is 6.94. The van der Waals surface area contributed by atoms with Crippen LogP contribution in [0.15, 0.2) is 24.3 Å². The van der Waals surface area contributed by atoms with Crippen molar-refractivity contribution in [3.8, 4) is 0 Å². The molecule has 0 saturated carbocycles. The van der Waals surface area contributed by atoms with Gasteiger partial charge in [0, 0.05) is 23.9 Å². The highest BCUT2D eigenvalue weighted by Crippen LogP contribution is 2.37. The Labute approximate surface area is 146 Å². The number of thioether (sulfide) groups is 1. The number of hydrogen-bond acceptors (Lipinski definition) is 3. The van der Waals surface area contributed by atoms with E-state index in [-0.39, 0.29) is 5.75 Å². The highest BCUT2D eigenvalue weighted by molar-refractivity contribution is 7.99. The zero-order chi connectivity index (χ0) is 17.9. The molecule has 4 nitrogen and oxygen atoms in total. The van der Waals surface area contributed by atoms with Gasteiger partial charge in [0.1, 0.15) is 0 Å². The summed E-state index contributed by atoms with van der Waals surface area (Å²) < 4.78 is 38.7. The van der Waals surface area contributed by atoms with Crippen LogP contribution in [0, 0.1) is 11.8 Å². The second-order valence-electron chi connectivity index (χ2n) is 5.51. The van der Waals surface area contributed by atoms with Crippen LogP contribution in [0.25, 0.3) is 0 Å². The van der Waals surface area contributed by atoms with Gasteiger partial charge in [-0.05, 0) is 17.7 Å². The topological polar surface area (TPSA) is 57.6 Å². The standard InChI is InChI=1S/C15H15ClF3NO3S/c16-10-3-1-2-9(4-10)7-24-8-13(21)20-5-11(14(22)23)12(6-20)15(17,18)19/h1-4,11-12H,5-8H2,(H,22,23)/t11-,12-/m1/s1. The third kappa shape index (κ3) is 4.80. The maximum atomic E-state index is 12.9. The summed E-state index contributed by atoms with van der Waals surface area (Å²) in [7, 11) is 0. The molecular formula is C15H15ClF3NO3S. The van der Waals surface area contributed by atoms with Crippen LogP contribution in [0.2, 0.25) is 5.02 Å². The van der Waals surface area contributed by atoms with Crippen LogP contribution < -0.4 is 0 Å². The number of carbonyl (C=O) groups is 2. The number of alkyl halides is 3. The number of halogens is 4. The fraction of sp³-hybridized carbons (Fsp3) is 0.467. The van der Waals surface area contributed by atoms with Gasteiger partial charge >= 0.3 is 12.1 Å². The smallest absolute Gasteiger partial charge is 0.394 e. The van der Waals surface area contributed by atoms with Crippen LogP contribution in [0.1, 0.15) is 5.56 Å². The van der Waals surface area contributed by atoms with Gasteiger partial charge in [0.15, 0.2) is 0 Å². The molecule has 132 valence electrons. The third-order valence-electron chi connectivity index (χ3n) is 3.79. The van der Waals surface area contributed by atoms with Gasteiger partial charge in [0.05, 0.1) is 17.6 Å². The summed E-state index contributed by atoms with van der Waals surface area (Å²) in [5, 5.41) is 9.51. The summed E-state index contributed by atoms with van der Waals surface area (Å²) in [5.74, 6) is -5.16. The number of nitrogens with zero attached hydrogens (tertiary/aromatic N) is 1. The average molecular weight is 382 g/mol. The molecule has 2 atom stereocenters. The van der Waals surface area contributed by atoms with Crippen molar-refractivity contribution >= 4 is 35.2 Å². The van der Waals surface area contributed by atoms with Gasteiger partial charge in [-0.2, -0.15) is 13.2 Å². The van der Waals surface area contributed by atoms with E-state index in [1.54, 1.807) is 18.2 Å². The molecule has 2 rings (SSSR count). The minimum absolute atomic E-state index is 0.0105. The summed E-state index contributed by atoms with van der Waals surface area (Å²) in [4.78, 5) is 24.1. The first kappa shape index (κ1) is 18.9. The quantitative estimate of drug-likeness (QED) is 0.850. The Hall–Kier alpha value is -1.41. The number of amides is 1. The molecule has 1 saturated heterocycles. The van der Waals surface area contributed by atoms with E-state index in [2.05, 4.69) is 0 Å². The van der Waals surface area contributed by atoms with Gasteiger partial charge in [-0.25, -0.2) is 0 Å². The van der Waals surface area contributed by atoms with E-state index in [0.29, 0.717) is 10.8 Å². The van der Waals surface area contributed by atoms with Crippen molar-refractivity contribution in [3.63, 3.8) is 0 Å². The number of rotatable bonds is 5. The van der Waals surface area contributed by atoms with Crippen molar-refractivity contribution in [2.24, 2.45) is 11.8 Å². The zero-order valence-corrected chi connectivity index (χ0v) is 14.0. The van der Waals surface area contributed by atoms with E-state index < -0.39 is 43.0 Å². The van der Waals surface area contributed by atoms with Gasteiger partial charge < -0.3 is 10.0 Å². The summed E-state index contributed by atoms with van der Waals surface area (Å²) in [6, 6.07) is 7.06. The van der Waals surface area contributed by atoms with Crippen LogP contribution in [0.4, 0.5) is 13.2 Å². The van der Waals surface area contributed by atoms with Crippen molar-refractivity contribution in [2.75, 3.05) is 18.8 Å². The number of likely N-dealkylation sites (tertiary alicyclic amines) is 1. The molecule has 1 fully saturated rings. The van der Waals surface area contributed by atoms with E-state index >= 15 is 0 Å². The minimum Gasteiger partial charge on any atom is -0.481 e. The summed E-state index contributed by atoms with van der Waals surface area (Å²) in [6.45, 7) is -1.01. The first-order chi connectivity index (χ1) is 11.2. The molecule has 24 heavy (non-hydrogen) atoms. The summed E-state index contributed by atoms with van der Waals surface area (Å²) in [6.07, 6.45) is -4.63. The van der Waals surface area contributed by atoms with Crippen LogP contribution in [0.5, 0.6) is 0 Å². The van der Waals surface area contributed by atoms with E-state index in [4.69, 9.17) is 16.7 Å². The highest BCUT2D eigenvalue weighted by atomic mass is 35.5. The maximum absolute atomic E-state index is 12.9. The molecule has 1 aromatic carbocycles. The van der Waals surface area contributed by atoms with Crippen molar-refractivity contribution in [1.82, 2.24) is 4.90 Å². The number of aliphatic carboxylic acids is 1. The monoisotopic (exact) mass is 381 g/mol. The Morgan fingerprint density at radius 3 is 2.58 bits per heavy atom. The van der Waals surface area contributed by atoms with Crippen molar-refractivity contribution < 1.29 is 27.9 Å². The lowest BCUT2D eigenvalue weighted by molar-refractivity contribution is -0.188. The van der Waals surface area contributed by atoms with Gasteiger partial charge in [-0.15, -0.1) is 11.8 Å². The SMILES string of the molecule is O=C(O)[C@@H]1CN(C(=O)CSCc2cccc(Cl)c2)C[C@H]1C(F)(F)F. The van der Waals surface area contributed by atoms with Crippen LogP contribution >= 0.6 is 23.4 Å². The van der Waals surface area contributed by atoms with Gasteiger partial charge in [-0.3, -0.25) is 9.59 Å². The number of carboxylic acid groups (broad SMARTS) is 1. The molecule has 0 unspecified atom stereocenters. The Bertz CT molecular complexity index is 626. The predicted molar refractivity (Wildman–Crippen MR) is 84.9 cm³/mol. The molecule has 1 N–H and O–H groups in total. The lowest BCUT2D eigenvalue weighted by Gasteiger charge is -2.18. The molecule has 0 bridgehead atoms. The maximum Gasteiger partial charge on any atom is 0.394 e. The molecule has 1 heterocycles. The molecule has 0 aliphatic carbocycles. The van der Waals surface area contributed by atoms with Crippen molar-refractivity contribution in [1.29, 1.82) is 0 Å². The molecule has 0 spiro atoms. The first-order valence-electron chi connectivity index (χ1n) is 7.08. The Balaban J connectivity index is 1.90. The summed E-state index contributed by atoms with van der Waals surface area (Å²) in [5.41, 5.74) is 0.901. The Morgan fingerprint density at radius 2 is 2.04 bits per heavy atom. The van der Waals surface area contributed by atoms with E-state index in [0.717, 1.165) is 10.5 Å². The first-order valence-corrected chi connectivity index (χ1v) is 8.61. The molecule has 1 amide bonds. The number of hydrogen-bond donors (Lipinski definition) is 1. The Morgan fingerprint density at radius 1 is 1.33 bits per heavy atom.